The minimum absolute atomic E-state index is 0.0597. The number of carbonyl (C=O) groups excluding carboxylic acids is 1. The molecule has 0 aliphatic rings. The number of benzene rings is 2. The fourth-order valence-electron chi connectivity index (χ4n) is 3.82. The highest BCUT2D eigenvalue weighted by Gasteiger charge is 2.11. The summed E-state index contributed by atoms with van der Waals surface area (Å²) in [6.07, 6.45) is 5.22. The van der Waals surface area contributed by atoms with Crippen molar-refractivity contribution in [1.29, 1.82) is 0 Å². The second-order valence-electron chi connectivity index (χ2n) is 9.07. The number of hydrogen-bond donors (Lipinski definition) is 1. The SMILES string of the molecule is Cc1ccc(C)c(OCC(=O)NCCCCCc2nc3ccccc3n2CCC(C)C)c1. The predicted octanol–water partition coefficient (Wildman–Crippen LogP) is 5.61. The van der Waals surface area contributed by atoms with Gasteiger partial charge in [0.05, 0.1) is 11.0 Å². The van der Waals surface area contributed by atoms with E-state index >= 15 is 0 Å². The molecule has 0 saturated carbocycles. The Morgan fingerprint density at radius 3 is 2.72 bits per heavy atom. The molecule has 1 aromatic heterocycles. The van der Waals surface area contributed by atoms with Crippen molar-refractivity contribution in [3.8, 4) is 5.75 Å². The van der Waals surface area contributed by atoms with E-state index in [2.05, 4.69) is 48.0 Å². The summed E-state index contributed by atoms with van der Waals surface area (Å²) in [5, 5.41) is 2.97. The number of para-hydroxylation sites is 2. The summed E-state index contributed by atoms with van der Waals surface area (Å²) in [6.45, 7) is 10.3. The first-order valence-corrected chi connectivity index (χ1v) is 11.8. The van der Waals surface area contributed by atoms with Crippen molar-refractivity contribution >= 4 is 16.9 Å². The molecule has 3 aromatic rings. The van der Waals surface area contributed by atoms with Crippen molar-refractivity contribution in [2.45, 2.75) is 66.3 Å². The number of imidazole rings is 1. The van der Waals surface area contributed by atoms with Crippen molar-refractivity contribution in [3.05, 3.63) is 59.4 Å². The number of nitrogens with one attached hydrogen (secondary N) is 1. The third-order valence-corrected chi connectivity index (χ3v) is 5.77. The zero-order valence-corrected chi connectivity index (χ0v) is 20.0. The molecule has 0 saturated heterocycles. The third kappa shape index (κ3) is 6.84. The summed E-state index contributed by atoms with van der Waals surface area (Å²) < 4.78 is 8.06. The number of aromatic nitrogens is 2. The zero-order valence-electron chi connectivity index (χ0n) is 20.0. The van der Waals surface area contributed by atoms with Gasteiger partial charge in [0.2, 0.25) is 0 Å². The highest BCUT2D eigenvalue weighted by molar-refractivity contribution is 5.77. The lowest BCUT2D eigenvalue weighted by Gasteiger charge is -2.11. The number of unbranched alkanes of at least 4 members (excludes halogenated alkanes) is 2. The van der Waals surface area contributed by atoms with E-state index in [9.17, 15) is 4.79 Å². The lowest BCUT2D eigenvalue weighted by molar-refractivity contribution is -0.123. The molecule has 1 N–H and O–H groups in total. The van der Waals surface area contributed by atoms with Crippen LogP contribution in [0.1, 0.15) is 56.5 Å². The van der Waals surface area contributed by atoms with Gasteiger partial charge in [-0.1, -0.05) is 44.5 Å². The molecule has 0 atom stereocenters. The maximum Gasteiger partial charge on any atom is 0.257 e. The van der Waals surface area contributed by atoms with E-state index in [0.29, 0.717) is 12.5 Å². The van der Waals surface area contributed by atoms with Gasteiger partial charge < -0.3 is 14.6 Å². The number of ether oxygens (including phenoxy) is 1. The molecule has 172 valence electrons. The van der Waals surface area contributed by atoms with Gasteiger partial charge in [-0.05, 0) is 68.4 Å². The van der Waals surface area contributed by atoms with Crippen molar-refractivity contribution in [2.75, 3.05) is 13.2 Å². The molecule has 32 heavy (non-hydrogen) atoms. The van der Waals surface area contributed by atoms with Crippen LogP contribution in [0.2, 0.25) is 0 Å². The fraction of sp³-hybridized carbons (Fsp3) is 0.481. The molecule has 5 heteroatoms. The quantitative estimate of drug-likeness (QED) is 0.376. The lowest BCUT2D eigenvalue weighted by Crippen LogP contribution is -2.29. The van der Waals surface area contributed by atoms with Crippen molar-refractivity contribution in [3.63, 3.8) is 0 Å². The van der Waals surface area contributed by atoms with Crippen LogP contribution in [0.3, 0.4) is 0 Å². The molecule has 2 aromatic carbocycles. The predicted molar refractivity (Wildman–Crippen MR) is 131 cm³/mol. The van der Waals surface area contributed by atoms with Crippen LogP contribution in [-0.4, -0.2) is 28.6 Å². The largest absolute Gasteiger partial charge is 0.483 e. The minimum atomic E-state index is -0.0682. The van der Waals surface area contributed by atoms with Crippen LogP contribution >= 0.6 is 0 Å². The summed E-state index contributed by atoms with van der Waals surface area (Å²) in [7, 11) is 0. The topological polar surface area (TPSA) is 56.1 Å². The molecule has 0 unspecified atom stereocenters. The highest BCUT2D eigenvalue weighted by Crippen LogP contribution is 2.20. The average molecular weight is 436 g/mol. The Morgan fingerprint density at radius 1 is 1.09 bits per heavy atom. The second-order valence-corrected chi connectivity index (χ2v) is 9.07. The third-order valence-electron chi connectivity index (χ3n) is 5.77. The second kappa shape index (κ2) is 11.7. The molecule has 0 aliphatic carbocycles. The van der Waals surface area contributed by atoms with Crippen LogP contribution in [0.15, 0.2) is 42.5 Å². The maximum absolute atomic E-state index is 12.1. The molecule has 5 nitrogen and oxygen atoms in total. The molecular weight excluding hydrogens is 398 g/mol. The molecule has 0 bridgehead atoms. The fourth-order valence-corrected chi connectivity index (χ4v) is 3.82. The normalized spacial score (nSPS) is 11.3. The van der Waals surface area contributed by atoms with Crippen LogP contribution in [-0.2, 0) is 17.8 Å². The van der Waals surface area contributed by atoms with Crippen molar-refractivity contribution < 1.29 is 9.53 Å². The van der Waals surface area contributed by atoms with Gasteiger partial charge in [-0.25, -0.2) is 4.98 Å². The molecule has 1 heterocycles. The maximum atomic E-state index is 12.1. The minimum Gasteiger partial charge on any atom is -0.483 e. The summed E-state index contributed by atoms with van der Waals surface area (Å²) in [5.74, 6) is 2.56. The first-order chi connectivity index (χ1) is 15.4. The van der Waals surface area contributed by atoms with E-state index in [1.54, 1.807) is 0 Å². The molecule has 0 fully saturated rings. The lowest BCUT2D eigenvalue weighted by atomic mass is 10.1. The Bertz CT molecular complexity index is 1020. The van der Waals surface area contributed by atoms with E-state index in [1.807, 2.05) is 32.0 Å². The Balaban J connectivity index is 1.39. The monoisotopic (exact) mass is 435 g/mol. The van der Waals surface area contributed by atoms with Gasteiger partial charge >= 0.3 is 0 Å². The van der Waals surface area contributed by atoms with Gasteiger partial charge in [0.25, 0.3) is 5.91 Å². The standard InChI is InChI=1S/C27H37N3O2/c1-20(2)15-17-30-24-11-8-7-10-23(24)29-26(30)12-6-5-9-16-28-27(31)19-32-25-18-21(3)13-14-22(25)4/h7-8,10-11,13-14,18,20H,5-6,9,12,15-17,19H2,1-4H3,(H,28,31). The van der Waals surface area contributed by atoms with Gasteiger partial charge in [-0.2, -0.15) is 0 Å². The number of hydrogen-bond acceptors (Lipinski definition) is 3. The molecule has 0 radical (unpaired) electrons. The molecule has 3 rings (SSSR count). The van der Waals surface area contributed by atoms with Gasteiger partial charge in [-0.3, -0.25) is 4.79 Å². The first-order valence-electron chi connectivity index (χ1n) is 11.8. The number of aryl methyl sites for hydroxylation is 4. The van der Waals surface area contributed by atoms with Crippen molar-refractivity contribution in [2.24, 2.45) is 5.92 Å². The Kier molecular flexibility index (Phi) is 8.72. The summed E-state index contributed by atoms with van der Waals surface area (Å²) >= 11 is 0. The van der Waals surface area contributed by atoms with E-state index in [1.165, 1.54) is 11.3 Å². The number of fused-ring (bicyclic) bond motifs is 1. The summed E-state index contributed by atoms with van der Waals surface area (Å²) in [5.41, 5.74) is 4.49. The van der Waals surface area contributed by atoms with E-state index in [0.717, 1.165) is 61.0 Å². The smallest absolute Gasteiger partial charge is 0.257 e. The average Bonchev–Trinajstić information content (AvgIpc) is 3.12. The molecular formula is C27H37N3O2. The van der Waals surface area contributed by atoms with Gasteiger partial charge in [-0.15, -0.1) is 0 Å². The van der Waals surface area contributed by atoms with Crippen LogP contribution in [0, 0.1) is 19.8 Å². The van der Waals surface area contributed by atoms with Crippen molar-refractivity contribution in [1.82, 2.24) is 14.9 Å². The molecule has 1 amide bonds. The van der Waals surface area contributed by atoms with Gasteiger partial charge in [0, 0.05) is 19.5 Å². The molecule has 0 spiro atoms. The Hall–Kier alpha value is -2.82. The summed E-state index contributed by atoms with van der Waals surface area (Å²) in [6, 6.07) is 14.4. The number of amides is 1. The summed E-state index contributed by atoms with van der Waals surface area (Å²) in [4.78, 5) is 17.0. The van der Waals surface area contributed by atoms with E-state index in [4.69, 9.17) is 9.72 Å². The van der Waals surface area contributed by atoms with E-state index in [-0.39, 0.29) is 12.5 Å². The number of carbonyl (C=O) groups is 1. The highest BCUT2D eigenvalue weighted by atomic mass is 16.5. The number of rotatable bonds is 12. The van der Waals surface area contributed by atoms with Gasteiger partial charge in [0.1, 0.15) is 11.6 Å². The number of nitrogens with zero attached hydrogens (tertiary/aromatic N) is 2. The van der Waals surface area contributed by atoms with E-state index < -0.39 is 0 Å². The zero-order chi connectivity index (χ0) is 22.9. The Morgan fingerprint density at radius 2 is 1.91 bits per heavy atom. The first kappa shape index (κ1) is 23.8. The molecule has 0 aliphatic heterocycles. The van der Waals surface area contributed by atoms with Crippen LogP contribution < -0.4 is 10.1 Å². The van der Waals surface area contributed by atoms with Crippen LogP contribution in [0.4, 0.5) is 0 Å². The Labute approximate surface area is 192 Å². The van der Waals surface area contributed by atoms with Gasteiger partial charge in [0.15, 0.2) is 6.61 Å². The van der Waals surface area contributed by atoms with Crippen LogP contribution in [0.25, 0.3) is 11.0 Å². The van der Waals surface area contributed by atoms with Crippen LogP contribution in [0.5, 0.6) is 5.75 Å².